The molecule has 18 heavy (non-hydrogen) atoms. The predicted octanol–water partition coefficient (Wildman–Crippen LogP) is 1.34. The molecular formula is C14H15N3O. The molecule has 0 radical (unpaired) electrons. The minimum absolute atomic E-state index is 0.452. The third-order valence-electron chi connectivity index (χ3n) is 2.53. The van der Waals surface area contributed by atoms with Gasteiger partial charge in [0.25, 0.3) is 0 Å². The summed E-state index contributed by atoms with van der Waals surface area (Å²) in [5.41, 5.74) is 1.73. The minimum atomic E-state index is -0.501. The molecule has 0 saturated carbocycles. The number of nitrogens with one attached hydrogen (secondary N) is 1. The molecule has 4 nitrogen and oxygen atoms in total. The average Bonchev–Trinajstić information content (AvgIpc) is 2.89. The van der Waals surface area contributed by atoms with E-state index in [1.54, 1.807) is 10.9 Å². The van der Waals surface area contributed by atoms with E-state index in [0.29, 0.717) is 13.1 Å². The lowest BCUT2D eigenvalue weighted by atomic mass is 10.2. The van der Waals surface area contributed by atoms with Crippen LogP contribution in [0.15, 0.2) is 42.7 Å². The molecule has 1 atom stereocenters. The summed E-state index contributed by atoms with van der Waals surface area (Å²) in [5.74, 6) is 2.57. The van der Waals surface area contributed by atoms with E-state index in [1.807, 2.05) is 36.5 Å². The van der Waals surface area contributed by atoms with Crippen molar-refractivity contribution < 1.29 is 5.11 Å². The monoisotopic (exact) mass is 241 g/mol. The zero-order valence-corrected chi connectivity index (χ0v) is 9.95. The summed E-state index contributed by atoms with van der Waals surface area (Å²) >= 11 is 0. The average molecular weight is 241 g/mol. The van der Waals surface area contributed by atoms with Gasteiger partial charge in [-0.15, -0.1) is 6.42 Å². The molecule has 0 fully saturated rings. The highest BCUT2D eigenvalue weighted by molar-refractivity contribution is 5.49. The van der Waals surface area contributed by atoms with Gasteiger partial charge in [-0.1, -0.05) is 12.0 Å². The molecule has 1 unspecified atom stereocenters. The lowest BCUT2D eigenvalue weighted by Gasteiger charge is -2.13. The summed E-state index contributed by atoms with van der Waals surface area (Å²) in [6, 6.07) is 9.38. The molecule has 0 aliphatic rings. The van der Waals surface area contributed by atoms with Crippen LogP contribution in [0.4, 0.5) is 5.69 Å². The number of rotatable bonds is 5. The van der Waals surface area contributed by atoms with E-state index in [2.05, 4.69) is 16.3 Å². The van der Waals surface area contributed by atoms with Crippen LogP contribution in [0.3, 0.4) is 0 Å². The summed E-state index contributed by atoms with van der Waals surface area (Å²) in [7, 11) is 0. The van der Waals surface area contributed by atoms with Crippen molar-refractivity contribution in [1.29, 1.82) is 0 Å². The van der Waals surface area contributed by atoms with Crippen LogP contribution in [0.2, 0.25) is 0 Å². The molecule has 0 aliphatic heterocycles. The quantitative estimate of drug-likeness (QED) is 0.777. The van der Waals surface area contributed by atoms with Gasteiger partial charge in [-0.05, 0) is 24.3 Å². The Kier molecular flexibility index (Phi) is 4.00. The van der Waals surface area contributed by atoms with Gasteiger partial charge in [-0.3, -0.25) is 4.68 Å². The van der Waals surface area contributed by atoms with Crippen molar-refractivity contribution in [2.24, 2.45) is 0 Å². The second-order valence-electron chi connectivity index (χ2n) is 3.99. The maximum atomic E-state index is 9.85. The van der Waals surface area contributed by atoms with Crippen LogP contribution in [0, 0.1) is 12.3 Å². The fraction of sp³-hybridized carbons (Fsp3) is 0.214. The van der Waals surface area contributed by atoms with E-state index >= 15 is 0 Å². The Hall–Kier alpha value is -2.25. The Bertz CT molecular complexity index is 528. The summed E-state index contributed by atoms with van der Waals surface area (Å²) in [6.45, 7) is 0.919. The van der Waals surface area contributed by atoms with Crippen LogP contribution < -0.4 is 5.32 Å². The Morgan fingerprint density at radius 3 is 3.06 bits per heavy atom. The summed E-state index contributed by atoms with van der Waals surface area (Å²) in [5, 5.41) is 17.0. The standard InChI is InChI=1S/C14H15N3O/c1-2-12-5-3-6-13(9-12)15-10-14(18)11-17-8-4-7-16-17/h1,3-9,14-15,18H,10-11H2. The normalized spacial score (nSPS) is 11.8. The maximum Gasteiger partial charge on any atom is 0.0907 e. The Morgan fingerprint density at radius 1 is 1.44 bits per heavy atom. The zero-order chi connectivity index (χ0) is 12.8. The lowest BCUT2D eigenvalue weighted by Crippen LogP contribution is -2.25. The van der Waals surface area contributed by atoms with Crippen LogP contribution in [-0.2, 0) is 6.54 Å². The van der Waals surface area contributed by atoms with Crippen LogP contribution in [-0.4, -0.2) is 27.5 Å². The zero-order valence-electron chi connectivity index (χ0n) is 9.95. The van der Waals surface area contributed by atoms with Crippen molar-refractivity contribution >= 4 is 5.69 Å². The second-order valence-corrected chi connectivity index (χ2v) is 3.99. The fourth-order valence-corrected chi connectivity index (χ4v) is 1.64. The number of terminal acetylenes is 1. The van der Waals surface area contributed by atoms with Crippen LogP contribution in [0.1, 0.15) is 5.56 Å². The van der Waals surface area contributed by atoms with Crippen molar-refractivity contribution in [3.05, 3.63) is 48.3 Å². The highest BCUT2D eigenvalue weighted by atomic mass is 16.3. The van der Waals surface area contributed by atoms with E-state index in [1.165, 1.54) is 0 Å². The Balaban J connectivity index is 1.85. The van der Waals surface area contributed by atoms with Gasteiger partial charge in [-0.2, -0.15) is 5.10 Å². The van der Waals surface area contributed by atoms with Gasteiger partial charge in [0.2, 0.25) is 0 Å². The molecule has 2 N–H and O–H groups in total. The molecule has 0 saturated heterocycles. The third kappa shape index (κ3) is 3.37. The van der Waals surface area contributed by atoms with Gasteiger partial charge >= 0.3 is 0 Å². The smallest absolute Gasteiger partial charge is 0.0907 e. The molecule has 92 valence electrons. The number of nitrogens with zero attached hydrogens (tertiary/aromatic N) is 2. The van der Waals surface area contributed by atoms with Gasteiger partial charge in [0, 0.05) is 30.2 Å². The molecule has 4 heteroatoms. The van der Waals surface area contributed by atoms with Crippen LogP contribution >= 0.6 is 0 Å². The van der Waals surface area contributed by atoms with Gasteiger partial charge in [-0.25, -0.2) is 0 Å². The molecular weight excluding hydrogens is 226 g/mol. The molecule has 0 amide bonds. The van der Waals surface area contributed by atoms with Gasteiger partial charge < -0.3 is 10.4 Å². The fourth-order valence-electron chi connectivity index (χ4n) is 1.64. The first kappa shape index (κ1) is 12.2. The lowest BCUT2D eigenvalue weighted by molar-refractivity contribution is 0.161. The van der Waals surface area contributed by atoms with Crippen LogP contribution in [0.25, 0.3) is 0 Å². The van der Waals surface area contributed by atoms with Gasteiger partial charge in [0.05, 0.1) is 12.6 Å². The van der Waals surface area contributed by atoms with Crippen molar-refractivity contribution in [1.82, 2.24) is 9.78 Å². The van der Waals surface area contributed by atoms with Gasteiger partial charge in [0.15, 0.2) is 0 Å². The number of aromatic nitrogens is 2. The first-order valence-electron chi connectivity index (χ1n) is 5.74. The van der Waals surface area contributed by atoms with E-state index in [9.17, 15) is 5.11 Å². The molecule has 0 aliphatic carbocycles. The second kappa shape index (κ2) is 5.89. The third-order valence-corrected chi connectivity index (χ3v) is 2.53. The first-order valence-corrected chi connectivity index (χ1v) is 5.74. The molecule has 2 aromatic rings. The van der Waals surface area contributed by atoms with E-state index in [4.69, 9.17) is 6.42 Å². The molecule has 1 aromatic heterocycles. The van der Waals surface area contributed by atoms with Crippen LogP contribution in [0.5, 0.6) is 0 Å². The molecule has 2 rings (SSSR count). The predicted molar refractivity (Wildman–Crippen MR) is 71.1 cm³/mol. The van der Waals surface area contributed by atoms with Crippen molar-refractivity contribution in [2.75, 3.05) is 11.9 Å². The maximum absolute atomic E-state index is 9.85. The highest BCUT2D eigenvalue weighted by Crippen LogP contribution is 2.09. The number of benzene rings is 1. The van der Waals surface area contributed by atoms with E-state index < -0.39 is 6.10 Å². The van der Waals surface area contributed by atoms with Crippen molar-refractivity contribution in [3.8, 4) is 12.3 Å². The van der Waals surface area contributed by atoms with E-state index in [0.717, 1.165) is 11.3 Å². The molecule has 0 spiro atoms. The number of anilines is 1. The molecule has 0 bridgehead atoms. The Morgan fingerprint density at radius 2 is 2.33 bits per heavy atom. The number of aliphatic hydroxyl groups is 1. The topological polar surface area (TPSA) is 50.1 Å². The number of hydrogen-bond acceptors (Lipinski definition) is 3. The summed E-state index contributed by atoms with van der Waals surface area (Å²) in [6.07, 6.45) is 8.34. The number of hydrogen-bond donors (Lipinski definition) is 2. The van der Waals surface area contributed by atoms with E-state index in [-0.39, 0.29) is 0 Å². The van der Waals surface area contributed by atoms with Gasteiger partial charge in [0.1, 0.15) is 0 Å². The highest BCUT2D eigenvalue weighted by Gasteiger charge is 2.05. The SMILES string of the molecule is C#Cc1cccc(NCC(O)Cn2cccn2)c1. The van der Waals surface area contributed by atoms with Crippen molar-refractivity contribution in [2.45, 2.75) is 12.6 Å². The largest absolute Gasteiger partial charge is 0.389 e. The Labute approximate surface area is 106 Å². The molecule has 1 heterocycles. The summed E-state index contributed by atoms with van der Waals surface area (Å²) in [4.78, 5) is 0. The first-order chi connectivity index (χ1) is 8.78. The minimum Gasteiger partial charge on any atom is -0.389 e. The number of aliphatic hydroxyl groups excluding tert-OH is 1. The molecule has 1 aromatic carbocycles. The summed E-state index contributed by atoms with van der Waals surface area (Å²) < 4.78 is 1.70. The van der Waals surface area contributed by atoms with Crippen molar-refractivity contribution in [3.63, 3.8) is 0 Å².